The highest BCUT2D eigenvalue weighted by atomic mass is 35.5. The average molecular weight is 336 g/mol. The molecule has 1 aliphatic heterocycles. The summed E-state index contributed by atoms with van der Waals surface area (Å²) in [5.74, 6) is 0.138. The van der Waals surface area contributed by atoms with Crippen LogP contribution in [-0.4, -0.2) is 55.6 Å². The normalized spacial score (nSPS) is 17.7. The maximum atomic E-state index is 12.3. The molecule has 6 nitrogen and oxygen atoms in total. The monoisotopic (exact) mass is 335 g/mol. The molecule has 1 rings (SSSR count). The molecular formula is C15H30ClN3O3. The Morgan fingerprint density at radius 3 is 2.77 bits per heavy atom. The molecule has 1 aliphatic rings. The summed E-state index contributed by atoms with van der Waals surface area (Å²) in [6.07, 6.45) is 4.74. The van der Waals surface area contributed by atoms with Gasteiger partial charge in [0.2, 0.25) is 11.8 Å². The standard InChI is InChI=1S/C15H29N3O3.ClH/c1-2-21-11-5-7-15(20)18-10-4-3-6-13(18)12-17-14(19)8-9-16;/h13H,2-12,16H2,1H3,(H,17,19);1H. The third kappa shape index (κ3) is 7.96. The summed E-state index contributed by atoms with van der Waals surface area (Å²) in [6.45, 7) is 4.96. The van der Waals surface area contributed by atoms with Gasteiger partial charge in [-0.1, -0.05) is 0 Å². The van der Waals surface area contributed by atoms with E-state index in [0.29, 0.717) is 39.1 Å². The third-order valence-electron chi connectivity index (χ3n) is 3.74. The van der Waals surface area contributed by atoms with Crippen LogP contribution in [0.1, 0.15) is 45.4 Å². The predicted molar refractivity (Wildman–Crippen MR) is 89.0 cm³/mol. The Morgan fingerprint density at radius 2 is 2.09 bits per heavy atom. The van der Waals surface area contributed by atoms with Gasteiger partial charge in [0, 0.05) is 51.7 Å². The van der Waals surface area contributed by atoms with Crippen molar-refractivity contribution in [2.75, 3.05) is 32.8 Å². The van der Waals surface area contributed by atoms with E-state index in [4.69, 9.17) is 10.5 Å². The van der Waals surface area contributed by atoms with Crippen LogP contribution in [0.15, 0.2) is 0 Å². The molecule has 3 N–H and O–H groups in total. The van der Waals surface area contributed by atoms with Crippen molar-refractivity contribution in [2.24, 2.45) is 5.73 Å². The number of nitrogens with two attached hydrogens (primary N) is 1. The third-order valence-corrected chi connectivity index (χ3v) is 3.74. The molecule has 0 aromatic carbocycles. The van der Waals surface area contributed by atoms with Crippen LogP contribution in [-0.2, 0) is 14.3 Å². The predicted octanol–water partition coefficient (Wildman–Crippen LogP) is 1.07. The fraction of sp³-hybridized carbons (Fsp3) is 0.867. The number of hydrogen-bond donors (Lipinski definition) is 2. The van der Waals surface area contributed by atoms with Crippen molar-refractivity contribution in [3.8, 4) is 0 Å². The second-order valence-corrected chi connectivity index (χ2v) is 5.38. The summed E-state index contributed by atoms with van der Waals surface area (Å²) in [4.78, 5) is 25.7. The molecule has 1 heterocycles. The van der Waals surface area contributed by atoms with E-state index in [-0.39, 0.29) is 30.3 Å². The molecule has 1 unspecified atom stereocenters. The lowest BCUT2D eigenvalue weighted by Gasteiger charge is -2.36. The molecule has 7 heteroatoms. The number of nitrogens with zero attached hydrogens (tertiary/aromatic N) is 1. The summed E-state index contributed by atoms with van der Waals surface area (Å²) in [5, 5.41) is 2.88. The maximum absolute atomic E-state index is 12.3. The molecule has 1 atom stereocenters. The first-order valence-corrected chi connectivity index (χ1v) is 8.03. The fourth-order valence-corrected chi connectivity index (χ4v) is 2.61. The van der Waals surface area contributed by atoms with Gasteiger partial charge in [0.05, 0.1) is 0 Å². The van der Waals surface area contributed by atoms with Crippen molar-refractivity contribution in [1.29, 1.82) is 0 Å². The van der Waals surface area contributed by atoms with Crippen molar-refractivity contribution in [1.82, 2.24) is 10.2 Å². The summed E-state index contributed by atoms with van der Waals surface area (Å²) in [7, 11) is 0. The minimum atomic E-state index is -0.0354. The number of hydrogen-bond acceptors (Lipinski definition) is 4. The molecule has 0 aliphatic carbocycles. The molecule has 0 spiro atoms. The first-order chi connectivity index (χ1) is 10.2. The molecule has 22 heavy (non-hydrogen) atoms. The van der Waals surface area contributed by atoms with Crippen LogP contribution >= 0.6 is 12.4 Å². The van der Waals surface area contributed by atoms with E-state index in [1.54, 1.807) is 0 Å². The number of amides is 2. The number of nitrogens with one attached hydrogen (secondary N) is 1. The van der Waals surface area contributed by atoms with Crippen molar-refractivity contribution in [3.05, 3.63) is 0 Å². The quantitative estimate of drug-likeness (QED) is 0.617. The Balaban J connectivity index is 0.00000441. The first kappa shape index (κ1) is 21.1. The number of piperidine rings is 1. The van der Waals surface area contributed by atoms with E-state index in [0.717, 1.165) is 32.2 Å². The number of ether oxygens (including phenoxy) is 1. The van der Waals surface area contributed by atoms with Gasteiger partial charge in [-0.05, 0) is 32.6 Å². The van der Waals surface area contributed by atoms with E-state index >= 15 is 0 Å². The molecule has 0 radical (unpaired) electrons. The highest BCUT2D eigenvalue weighted by molar-refractivity contribution is 5.85. The summed E-state index contributed by atoms with van der Waals surface area (Å²) in [6, 6.07) is 0.125. The zero-order valence-corrected chi connectivity index (χ0v) is 14.3. The number of rotatable bonds is 9. The molecular weight excluding hydrogens is 306 g/mol. The largest absolute Gasteiger partial charge is 0.382 e. The molecule has 1 saturated heterocycles. The van der Waals surface area contributed by atoms with Gasteiger partial charge < -0.3 is 20.7 Å². The van der Waals surface area contributed by atoms with Crippen molar-refractivity contribution in [2.45, 2.75) is 51.5 Å². The molecule has 2 amide bonds. The van der Waals surface area contributed by atoms with Gasteiger partial charge in [-0.25, -0.2) is 0 Å². The Bertz CT molecular complexity index is 329. The van der Waals surface area contributed by atoms with Gasteiger partial charge >= 0.3 is 0 Å². The summed E-state index contributed by atoms with van der Waals surface area (Å²) < 4.78 is 5.26. The van der Waals surface area contributed by atoms with E-state index in [9.17, 15) is 9.59 Å². The lowest BCUT2D eigenvalue weighted by atomic mass is 10.0. The van der Waals surface area contributed by atoms with E-state index in [1.807, 2.05) is 11.8 Å². The number of carbonyl (C=O) groups is 2. The summed E-state index contributed by atoms with van der Waals surface area (Å²) >= 11 is 0. The van der Waals surface area contributed by atoms with Gasteiger partial charge in [0.15, 0.2) is 0 Å². The fourth-order valence-electron chi connectivity index (χ4n) is 2.61. The van der Waals surface area contributed by atoms with Crippen LogP contribution in [0.4, 0.5) is 0 Å². The maximum Gasteiger partial charge on any atom is 0.222 e. The van der Waals surface area contributed by atoms with Crippen LogP contribution in [0.25, 0.3) is 0 Å². The van der Waals surface area contributed by atoms with E-state index in [2.05, 4.69) is 5.32 Å². The highest BCUT2D eigenvalue weighted by Crippen LogP contribution is 2.18. The van der Waals surface area contributed by atoms with Gasteiger partial charge in [-0.2, -0.15) is 0 Å². The lowest BCUT2D eigenvalue weighted by Crippen LogP contribution is -2.49. The van der Waals surface area contributed by atoms with Crippen LogP contribution < -0.4 is 11.1 Å². The van der Waals surface area contributed by atoms with Crippen LogP contribution in [0.3, 0.4) is 0 Å². The van der Waals surface area contributed by atoms with Crippen LogP contribution in [0.2, 0.25) is 0 Å². The minimum absolute atomic E-state index is 0. The van der Waals surface area contributed by atoms with Gasteiger partial charge in [-0.3, -0.25) is 9.59 Å². The molecule has 1 fully saturated rings. The number of carbonyl (C=O) groups excluding carboxylic acids is 2. The summed E-state index contributed by atoms with van der Waals surface area (Å²) in [5.41, 5.74) is 5.36. The van der Waals surface area contributed by atoms with Gasteiger partial charge in [0.25, 0.3) is 0 Å². The van der Waals surface area contributed by atoms with Gasteiger partial charge in [-0.15, -0.1) is 12.4 Å². The van der Waals surface area contributed by atoms with E-state index < -0.39 is 0 Å². The van der Waals surface area contributed by atoms with Crippen molar-refractivity contribution >= 4 is 24.2 Å². The van der Waals surface area contributed by atoms with Crippen molar-refractivity contribution < 1.29 is 14.3 Å². The molecule has 0 aromatic heterocycles. The second-order valence-electron chi connectivity index (χ2n) is 5.38. The van der Waals surface area contributed by atoms with Gasteiger partial charge in [0.1, 0.15) is 0 Å². The lowest BCUT2D eigenvalue weighted by molar-refractivity contribution is -0.135. The minimum Gasteiger partial charge on any atom is -0.382 e. The molecule has 0 bridgehead atoms. The molecule has 0 aromatic rings. The zero-order valence-electron chi connectivity index (χ0n) is 13.5. The average Bonchev–Trinajstić information content (AvgIpc) is 2.50. The van der Waals surface area contributed by atoms with Crippen LogP contribution in [0.5, 0.6) is 0 Å². The zero-order chi connectivity index (χ0) is 15.5. The first-order valence-electron chi connectivity index (χ1n) is 8.03. The molecule has 0 saturated carbocycles. The van der Waals surface area contributed by atoms with Crippen LogP contribution in [0, 0.1) is 0 Å². The topological polar surface area (TPSA) is 84.7 Å². The number of halogens is 1. The number of likely N-dealkylation sites (tertiary alicyclic amines) is 1. The Hall–Kier alpha value is -0.850. The Morgan fingerprint density at radius 1 is 1.32 bits per heavy atom. The SMILES string of the molecule is CCOCCCC(=O)N1CCCCC1CNC(=O)CCN.Cl. The Labute approximate surface area is 139 Å². The molecule has 130 valence electrons. The Kier molecular flexibility index (Phi) is 12.2. The van der Waals surface area contributed by atoms with E-state index in [1.165, 1.54) is 0 Å². The smallest absolute Gasteiger partial charge is 0.222 e. The highest BCUT2D eigenvalue weighted by Gasteiger charge is 2.26. The second kappa shape index (κ2) is 12.7. The van der Waals surface area contributed by atoms with Crippen molar-refractivity contribution in [3.63, 3.8) is 0 Å².